The summed E-state index contributed by atoms with van der Waals surface area (Å²) in [7, 11) is 0. The Morgan fingerprint density at radius 2 is 1.50 bits per heavy atom. The Hall–Kier alpha value is -2.96. The van der Waals surface area contributed by atoms with Crippen LogP contribution in [0.5, 0.6) is 11.5 Å². The Labute approximate surface area is 171 Å². The van der Waals surface area contributed by atoms with Crippen LogP contribution in [0.2, 0.25) is 10.0 Å². The zero-order valence-electron chi connectivity index (χ0n) is 14.9. The highest BCUT2D eigenvalue weighted by atomic mass is 35.5. The molecule has 0 radical (unpaired) electrons. The lowest BCUT2D eigenvalue weighted by Gasteiger charge is -2.22. The molecule has 0 bridgehead atoms. The van der Waals surface area contributed by atoms with Crippen molar-refractivity contribution in [2.45, 2.75) is 13.8 Å². The highest BCUT2D eigenvalue weighted by Gasteiger charge is 2.29. The van der Waals surface area contributed by atoms with Gasteiger partial charge in [0.1, 0.15) is 23.0 Å². The number of Topliss-reactive ketones (excluding diaryl/α,β-unsaturated/α-hetero) is 1. The first-order valence-corrected chi connectivity index (χ1v) is 8.93. The molecule has 8 heteroatoms. The number of aromatic hydroxyl groups is 2. The van der Waals surface area contributed by atoms with Gasteiger partial charge in [-0.05, 0) is 38.1 Å². The smallest absolute Gasteiger partial charge is 0.209 e. The van der Waals surface area contributed by atoms with Crippen LogP contribution in [0.1, 0.15) is 13.8 Å². The summed E-state index contributed by atoms with van der Waals surface area (Å²) in [5.41, 5.74) is 1.60. The van der Waals surface area contributed by atoms with Gasteiger partial charge in [-0.3, -0.25) is 4.79 Å². The number of hydrogen-bond donors (Lipinski definition) is 4. The number of nitrogens with one attached hydrogen (secondary N) is 1. The van der Waals surface area contributed by atoms with Crippen LogP contribution in [0.25, 0.3) is 0 Å². The molecular formula is C20H16Cl2N2O4. The van der Waals surface area contributed by atoms with Crippen LogP contribution in [0.15, 0.2) is 64.0 Å². The average molecular weight is 419 g/mol. The third kappa shape index (κ3) is 3.69. The standard InChI is InChI=1S/C20H16Cl2N2O4/c1-9-17(23-15-5-3-11(25)7-13(15)21)19(27)10(2)20(28)18(9)24-16-6-4-12(26)8-14(16)22/h3-8,23,25-26,28H,1-2H3/b24-18-. The first-order chi connectivity index (χ1) is 13.2. The summed E-state index contributed by atoms with van der Waals surface area (Å²) in [5, 5.41) is 32.8. The maximum absolute atomic E-state index is 12.7. The number of rotatable bonds is 3. The van der Waals surface area contributed by atoms with E-state index in [1.807, 2.05) is 0 Å². The van der Waals surface area contributed by atoms with Gasteiger partial charge in [-0.2, -0.15) is 0 Å². The Morgan fingerprint density at radius 3 is 2.11 bits per heavy atom. The minimum Gasteiger partial charge on any atom is -0.508 e. The highest BCUT2D eigenvalue weighted by molar-refractivity contribution is 6.34. The molecule has 6 nitrogen and oxygen atoms in total. The van der Waals surface area contributed by atoms with Crippen molar-refractivity contribution in [1.82, 2.24) is 0 Å². The number of halogens is 2. The van der Waals surface area contributed by atoms with Gasteiger partial charge in [-0.15, -0.1) is 0 Å². The second-order valence-corrected chi connectivity index (χ2v) is 7.00. The predicted molar refractivity (Wildman–Crippen MR) is 110 cm³/mol. The summed E-state index contributed by atoms with van der Waals surface area (Å²) in [6.07, 6.45) is 0. The van der Waals surface area contributed by atoms with Crippen LogP contribution < -0.4 is 5.32 Å². The number of benzene rings is 2. The van der Waals surface area contributed by atoms with E-state index in [1.54, 1.807) is 6.92 Å². The molecule has 0 saturated heterocycles. The van der Waals surface area contributed by atoms with E-state index in [0.717, 1.165) is 0 Å². The Kier molecular flexibility index (Phi) is 5.36. The molecule has 0 aliphatic heterocycles. The molecule has 0 heterocycles. The Bertz CT molecular complexity index is 1090. The van der Waals surface area contributed by atoms with Gasteiger partial charge in [-0.1, -0.05) is 23.2 Å². The fourth-order valence-corrected chi connectivity index (χ4v) is 3.11. The van der Waals surface area contributed by atoms with Gasteiger partial charge in [0, 0.05) is 23.3 Å². The molecule has 0 fully saturated rings. The van der Waals surface area contributed by atoms with Crippen molar-refractivity contribution in [2.24, 2.45) is 4.99 Å². The van der Waals surface area contributed by atoms with E-state index in [1.165, 1.54) is 43.3 Å². The number of carbonyl (C=O) groups is 1. The topological polar surface area (TPSA) is 102 Å². The number of aliphatic hydroxyl groups excluding tert-OH is 1. The number of aliphatic imine (C=N–C) groups is 1. The van der Waals surface area contributed by atoms with Crippen molar-refractivity contribution in [2.75, 3.05) is 5.32 Å². The highest BCUT2D eigenvalue weighted by Crippen LogP contribution is 2.34. The van der Waals surface area contributed by atoms with Gasteiger partial charge >= 0.3 is 0 Å². The van der Waals surface area contributed by atoms with Crippen LogP contribution in [-0.2, 0) is 4.79 Å². The number of hydrogen-bond acceptors (Lipinski definition) is 6. The molecule has 144 valence electrons. The van der Waals surface area contributed by atoms with Gasteiger partial charge in [0.05, 0.1) is 27.1 Å². The van der Waals surface area contributed by atoms with Gasteiger partial charge < -0.3 is 20.6 Å². The third-order valence-electron chi connectivity index (χ3n) is 4.25. The Morgan fingerprint density at radius 1 is 0.893 bits per heavy atom. The zero-order chi connectivity index (χ0) is 20.6. The molecule has 2 aromatic carbocycles. The van der Waals surface area contributed by atoms with E-state index >= 15 is 0 Å². The predicted octanol–water partition coefficient (Wildman–Crippen LogP) is 5.28. The number of phenols is 2. The van der Waals surface area contributed by atoms with Crippen molar-refractivity contribution in [3.8, 4) is 11.5 Å². The maximum Gasteiger partial charge on any atom is 0.209 e. The van der Waals surface area contributed by atoms with Crippen LogP contribution in [-0.4, -0.2) is 26.8 Å². The number of allylic oxidation sites excluding steroid dienone is 2. The van der Waals surface area contributed by atoms with E-state index < -0.39 is 5.78 Å². The molecule has 0 unspecified atom stereocenters. The minimum atomic E-state index is -0.408. The molecular weight excluding hydrogens is 403 g/mol. The van der Waals surface area contributed by atoms with E-state index in [2.05, 4.69) is 10.3 Å². The summed E-state index contributed by atoms with van der Waals surface area (Å²) < 4.78 is 0. The number of nitrogens with zero attached hydrogens (tertiary/aromatic N) is 1. The molecule has 28 heavy (non-hydrogen) atoms. The first-order valence-electron chi connectivity index (χ1n) is 8.18. The molecule has 0 amide bonds. The summed E-state index contributed by atoms with van der Waals surface area (Å²) in [4.78, 5) is 17.1. The number of anilines is 1. The molecule has 4 N–H and O–H groups in total. The number of phenolic OH excluding ortho intramolecular Hbond substituents is 2. The second-order valence-electron chi connectivity index (χ2n) is 6.19. The monoisotopic (exact) mass is 418 g/mol. The fourth-order valence-electron chi connectivity index (χ4n) is 2.67. The molecule has 0 aromatic heterocycles. The lowest BCUT2D eigenvalue weighted by atomic mass is 9.93. The average Bonchev–Trinajstić information content (AvgIpc) is 2.64. The molecule has 2 aromatic rings. The Balaban J connectivity index is 2.11. The van der Waals surface area contributed by atoms with Crippen LogP contribution >= 0.6 is 23.2 Å². The van der Waals surface area contributed by atoms with E-state index in [0.29, 0.717) is 16.9 Å². The minimum absolute atomic E-state index is 0.00540. The van der Waals surface area contributed by atoms with Crippen LogP contribution in [0, 0.1) is 0 Å². The second kappa shape index (κ2) is 7.58. The number of aliphatic hydroxyl groups is 1. The summed E-state index contributed by atoms with van der Waals surface area (Å²) in [6, 6.07) is 8.56. The van der Waals surface area contributed by atoms with Crippen molar-refractivity contribution in [3.05, 3.63) is 69.0 Å². The maximum atomic E-state index is 12.7. The first kappa shape index (κ1) is 19.8. The van der Waals surface area contributed by atoms with E-state index in [4.69, 9.17) is 23.2 Å². The van der Waals surface area contributed by atoms with Gasteiger partial charge in [-0.25, -0.2) is 4.99 Å². The lowest BCUT2D eigenvalue weighted by molar-refractivity contribution is -0.112. The quantitative estimate of drug-likeness (QED) is 0.401. The molecule has 0 saturated carbocycles. The van der Waals surface area contributed by atoms with Gasteiger partial charge in [0.25, 0.3) is 0 Å². The fraction of sp³-hybridized carbons (Fsp3) is 0.100. The van der Waals surface area contributed by atoms with Crippen molar-refractivity contribution < 1.29 is 20.1 Å². The number of ketones is 1. The van der Waals surface area contributed by atoms with E-state index in [9.17, 15) is 20.1 Å². The lowest BCUT2D eigenvalue weighted by Crippen LogP contribution is -2.26. The van der Waals surface area contributed by atoms with Crippen molar-refractivity contribution in [3.63, 3.8) is 0 Å². The molecule has 3 rings (SSSR count). The largest absolute Gasteiger partial charge is 0.508 e. The van der Waals surface area contributed by atoms with Crippen molar-refractivity contribution >= 4 is 46.1 Å². The van der Waals surface area contributed by atoms with Crippen LogP contribution in [0.4, 0.5) is 11.4 Å². The van der Waals surface area contributed by atoms with Crippen molar-refractivity contribution in [1.29, 1.82) is 0 Å². The molecule has 0 spiro atoms. The molecule has 1 aliphatic carbocycles. The third-order valence-corrected chi connectivity index (χ3v) is 4.87. The van der Waals surface area contributed by atoms with Gasteiger partial charge in [0.2, 0.25) is 5.78 Å². The normalized spacial score (nSPS) is 16.1. The zero-order valence-corrected chi connectivity index (χ0v) is 16.4. The summed E-state index contributed by atoms with van der Waals surface area (Å²) in [5.74, 6) is -0.682. The summed E-state index contributed by atoms with van der Waals surface area (Å²) >= 11 is 12.2. The number of carbonyl (C=O) groups excluding carboxylic acids is 1. The molecule has 0 atom stereocenters. The van der Waals surface area contributed by atoms with Gasteiger partial charge in [0.15, 0.2) is 0 Å². The van der Waals surface area contributed by atoms with E-state index in [-0.39, 0.29) is 44.3 Å². The van der Waals surface area contributed by atoms with Crippen LogP contribution in [0.3, 0.4) is 0 Å². The molecule has 1 aliphatic rings. The SMILES string of the molecule is CC1=C(O)/C(=N\c2ccc(O)cc2Cl)C(C)=C(Nc2ccc(O)cc2Cl)C1=O. The summed E-state index contributed by atoms with van der Waals surface area (Å²) in [6.45, 7) is 3.11.